The fourth-order valence-corrected chi connectivity index (χ4v) is 4.48. The van der Waals surface area contributed by atoms with E-state index >= 15 is 0 Å². The second-order valence-corrected chi connectivity index (χ2v) is 8.58. The molecule has 1 aromatic carbocycles. The number of nitrogens with zero attached hydrogens (tertiary/aromatic N) is 3. The van der Waals surface area contributed by atoms with Crippen LogP contribution in [0.1, 0.15) is 34.5 Å². The van der Waals surface area contributed by atoms with Gasteiger partial charge in [-0.3, -0.25) is 4.79 Å². The highest BCUT2D eigenvalue weighted by Crippen LogP contribution is 2.34. The first-order valence-corrected chi connectivity index (χ1v) is 11.5. The van der Waals surface area contributed by atoms with Crippen molar-refractivity contribution in [2.24, 2.45) is 0 Å². The number of benzene rings is 1. The second kappa shape index (κ2) is 9.80. The van der Waals surface area contributed by atoms with E-state index in [9.17, 15) is 4.79 Å². The summed E-state index contributed by atoms with van der Waals surface area (Å²) in [5.41, 5.74) is 3.75. The molecule has 33 heavy (non-hydrogen) atoms. The number of rotatable bonds is 7. The Kier molecular flexibility index (Phi) is 6.46. The number of hydrogen-bond acceptors (Lipinski definition) is 7. The minimum absolute atomic E-state index is 0.0121. The van der Waals surface area contributed by atoms with E-state index in [4.69, 9.17) is 18.4 Å². The van der Waals surface area contributed by atoms with E-state index in [1.165, 1.54) is 6.26 Å². The van der Waals surface area contributed by atoms with Gasteiger partial charge in [0.05, 0.1) is 37.7 Å². The smallest absolute Gasteiger partial charge is 0.289 e. The molecule has 8 nitrogen and oxygen atoms in total. The number of carbonyl (C=O) groups is 1. The van der Waals surface area contributed by atoms with Gasteiger partial charge in [0.1, 0.15) is 5.69 Å². The quantitative estimate of drug-likeness (QED) is 0.539. The van der Waals surface area contributed by atoms with Crippen molar-refractivity contribution in [1.29, 1.82) is 0 Å². The third-order valence-electron chi connectivity index (χ3n) is 6.17. The molecule has 3 aromatic rings. The van der Waals surface area contributed by atoms with Gasteiger partial charge in [0, 0.05) is 31.8 Å². The normalized spacial score (nSPS) is 18.6. The van der Waals surface area contributed by atoms with Crippen LogP contribution in [0.5, 0.6) is 0 Å². The predicted molar refractivity (Wildman–Crippen MR) is 122 cm³/mol. The van der Waals surface area contributed by atoms with Gasteiger partial charge in [-0.1, -0.05) is 28.9 Å². The summed E-state index contributed by atoms with van der Waals surface area (Å²) in [4.78, 5) is 17.3. The molecule has 0 bridgehead atoms. The number of morpholine rings is 1. The Bertz CT molecular complexity index is 1070. The lowest BCUT2D eigenvalue weighted by atomic mass is 10.0. The van der Waals surface area contributed by atoms with Gasteiger partial charge in [0.2, 0.25) is 5.88 Å². The molecule has 1 amide bonds. The third-order valence-corrected chi connectivity index (χ3v) is 6.17. The first-order chi connectivity index (χ1) is 16.2. The molecule has 8 heteroatoms. The van der Waals surface area contributed by atoms with Crippen molar-refractivity contribution in [3.05, 3.63) is 59.5 Å². The molecule has 5 rings (SSSR count). The van der Waals surface area contributed by atoms with Gasteiger partial charge < -0.3 is 28.2 Å². The molecule has 0 aliphatic carbocycles. The van der Waals surface area contributed by atoms with E-state index in [-0.39, 0.29) is 12.0 Å². The number of ether oxygens (including phenoxy) is 2. The summed E-state index contributed by atoms with van der Waals surface area (Å²) in [6, 6.07) is 11.6. The molecule has 0 saturated carbocycles. The minimum Gasteiger partial charge on any atom is -0.459 e. The molecular formula is C25H29N3O5. The zero-order valence-corrected chi connectivity index (χ0v) is 18.9. The Morgan fingerprint density at radius 3 is 2.79 bits per heavy atom. The second-order valence-electron chi connectivity index (χ2n) is 8.58. The van der Waals surface area contributed by atoms with Crippen LogP contribution in [0, 0.1) is 6.92 Å². The highest BCUT2D eigenvalue weighted by Gasteiger charge is 2.30. The Balaban J connectivity index is 1.52. The lowest BCUT2D eigenvalue weighted by Gasteiger charge is -2.29. The van der Waals surface area contributed by atoms with Gasteiger partial charge in [-0.25, -0.2) is 0 Å². The molecule has 0 radical (unpaired) electrons. The molecule has 174 valence electrons. The van der Waals surface area contributed by atoms with Crippen molar-refractivity contribution in [3.8, 4) is 11.3 Å². The van der Waals surface area contributed by atoms with Crippen molar-refractivity contribution in [3.63, 3.8) is 0 Å². The van der Waals surface area contributed by atoms with Gasteiger partial charge >= 0.3 is 0 Å². The van der Waals surface area contributed by atoms with Crippen LogP contribution in [0.25, 0.3) is 11.3 Å². The Morgan fingerprint density at radius 2 is 2.06 bits per heavy atom. The monoisotopic (exact) mass is 451 g/mol. The zero-order valence-electron chi connectivity index (χ0n) is 18.9. The number of aromatic nitrogens is 1. The molecule has 2 aromatic heterocycles. The molecule has 2 aliphatic rings. The Labute approximate surface area is 193 Å². The molecule has 0 unspecified atom stereocenters. The number of hydrogen-bond donors (Lipinski definition) is 0. The maximum Gasteiger partial charge on any atom is 0.289 e. The molecule has 0 spiro atoms. The van der Waals surface area contributed by atoms with Crippen LogP contribution in [0.4, 0.5) is 5.88 Å². The fourth-order valence-electron chi connectivity index (χ4n) is 4.48. The number of aryl methyl sites for hydroxylation is 1. The van der Waals surface area contributed by atoms with E-state index in [0.29, 0.717) is 51.0 Å². The standard InChI is InChI=1S/C25H29N3O5/c1-18-5-2-6-19(15-18)23-21(25(33-26-23)27-9-13-30-14-10-27)17-28(16-20-7-3-11-31-20)24(29)22-8-4-12-32-22/h2,4-6,8,12,15,20H,3,7,9-11,13-14,16-17H2,1H3/t20-/m0/s1. The topological polar surface area (TPSA) is 81.2 Å². The number of anilines is 1. The fraction of sp³-hybridized carbons (Fsp3) is 0.440. The van der Waals surface area contributed by atoms with Gasteiger partial charge in [-0.2, -0.15) is 0 Å². The Morgan fingerprint density at radius 1 is 1.18 bits per heavy atom. The van der Waals surface area contributed by atoms with Gasteiger partial charge in [0.25, 0.3) is 5.91 Å². The summed E-state index contributed by atoms with van der Waals surface area (Å²) in [5.74, 6) is 0.841. The highest BCUT2D eigenvalue weighted by atomic mass is 16.5. The van der Waals surface area contributed by atoms with Crippen LogP contribution in [0.15, 0.2) is 51.6 Å². The van der Waals surface area contributed by atoms with Crippen molar-refractivity contribution in [1.82, 2.24) is 10.1 Å². The highest BCUT2D eigenvalue weighted by molar-refractivity contribution is 5.91. The molecule has 2 saturated heterocycles. The van der Waals surface area contributed by atoms with Crippen LogP contribution in [-0.4, -0.2) is 61.5 Å². The van der Waals surface area contributed by atoms with Gasteiger partial charge in [0.15, 0.2) is 5.76 Å². The summed E-state index contributed by atoms with van der Waals surface area (Å²) in [5, 5.41) is 4.46. The van der Waals surface area contributed by atoms with E-state index in [1.807, 2.05) is 12.1 Å². The summed E-state index contributed by atoms with van der Waals surface area (Å²) in [6.07, 6.45) is 3.48. The minimum atomic E-state index is -0.167. The summed E-state index contributed by atoms with van der Waals surface area (Å²) in [6.45, 7) is 6.31. The average Bonchev–Trinajstić information content (AvgIpc) is 3.61. The maximum atomic E-state index is 13.4. The first-order valence-electron chi connectivity index (χ1n) is 11.5. The predicted octanol–water partition coefficient (Wildman–Crippen LogP) is 3.90. The van der Waals surface area contributed by atoms with E-state index in [2.05, 4.69) is 29.1 Å². The van der Waals surface area contributed by atoms with Gasteiger partial charge in [-0.15, -0.1) is 0 Å². The molecule has 2 aliphatic heterocycles. The van der Waals surface area contributed by atoms with Crippen LogP contribution in [0.2, 0.25) is 0 Å². The third kappa shape index (κ3) is 4.82. The molecule has 2 fully saturated rings. The largest absolute Gasteiger partial charge is 0.459 e. The van der Waals surface area contributed by atoms with Crippen molar-refractivity contribution in [2.45, 2.75) is 32.4 Å². The van der Waals surface area contributed by atoms with Crippen molar-refractivity contribution in [2.75, 3.05) is 44.4 Å². The molecular weight excluding hydrogens is 422 g/mol. The first kappa shape index (κ1) is 21.7. The number of carbonyl (C=O) groups excluding carboxylic acids is 1. The average molecular weight is 452 g/mol. The van der Waals surface area contributed by atoms with E-state index in [1.54, 1.807) is 17.0 Å². The van der Waals surface area contributed by atoms with E-state index in [0.717, 1.165) is 41.8 Å². The number of amides is 1. The maximum absolute atomic E-state index is 13.4. The lowest BCUT2D eigenvalue weighted by molar-refractivity contribution is 0.0484. The lowest BCUT2D eigenvalue weighted by Crippen LogP contribution is -2.39. The van der Waals surface area contributed by atoms with Crippen molar-refractivity contribution < 1.29 is 23.2 Å². The SMILES string of the molecule is Cc1cccc(-c2noc(N3CCOCC3)c2CN(C[C@@H]2CCCO2)C(=O)c2ccco2)c1. The van der Waals surface area contributed by atoms with Crippen LogP contribution >= 0.6 is 0 Å². The Hall–Kier alpha value is -3.10. The van der Waals surface area contributed by atoms with Crippen LogP contribution in [-0.2, 0) is 16.0 Å². The number of furan rings is 1. The van der Waals surface area contributed by atoms with Crippen LogP contribution in [0.3, 0.4) is 0 Å². The summed E-state index contributed by atoms with van der Waals surface area (Å²) < 4.78 is 22.7. The molecule has 0 N–H and O–H groups in total. The van der Waals surface area contributed by atoms with Gasteiger partial charge in [-0.05, 0) is 38.0 Å². The summed E-state index contributed by atoms with van der Waals surface area (Å²) in [7, 11) is 0. The van der Waals surface area contributed by atoms with Crippen LogP contribution < -0.4 is 4.90 Å². The zero-order chi connectivity index (χ0) is 22.6. The molecule has 1 atom stereocenters. The summed E-state index contributed by atoms with van der Waals surface area (Å²) >= 11 is 0. The van der Waals surface area contributed by atoms with E-state index < -0.39 is 0 Å². The molecule has 4 heterocycles. The van der Waals surface area contributed by atoms with Crippen molar-refractivity contribution >= 4 is 11.8 Å².